The van der Waals surface area contributed by atoms with Crippen LogP contribution in [-0.2, 0) is 78.6 Å². The molecule has 4 aromatic rings. The van der Waals surface area contributed by atoms with Crippen LogP contribution in [0.2, 0.25) is 0 Å². The van der Waals surface area contributed by atoms with E-state index in [1.807, 2.05) is 40.7 Å². The number of rotatable bonds is 46. The van der Waals surface area contributed by atoms with Crippen LogP contribution >= 0.6 is 0 Å². The molecular weight excluding hydrogens is 1430 g/mol. The van der Waals surface area contributed by atoms with Crippen molar-refractivity contribution in [1.29, 1.82) is 0 Å². The largest absolute Gasteiger partial charge is 0.462 e. The van der Waals surface area contributed by atoms with E-state index in [1.165, 1.54) is 80.8 Å². The summed E-state index contributed by atoms with van der Waals surface area (Å²) >= 11 is 0. The van der Waals surface area contributed by atoms with Crippen LogP contribution in [0.3, 0.4) is 0 Å². The van der Waals surface area contributed by atoms with Gasteiger partial charge in [-0.25, -0.2) is 18.6 Å². The van der Waals surface area contributed by atoms with Crippen molar-refractivity contribution in [3.8, 4) is 11.3 Å². The van der Waals surface area contributed by atoms with E-state index in [-0.39, 0.29) is 123 Å². The summed E-state index contributed by atoms with van der Waals surface area (Å²) in [4.78, 5) is 99.4. The number of nitrogens with one attached hydrogen (secondary N) is 3. The third-order valence-electron chi connectivity index (χ3n) is 23.8. The Hall–Kier alpha value is -7.12. The minimum atomic E-state index is -1.16. The quantitative estimate of drug-likeness (QED) is 0.0237. The molecule has 5 aliphatic rings. The number of halogens is 1. The Morgan fingerprint density at radius 3 is 1.86 bits per heavy atom. The maximum absolute atomic E-state index is 14.1. The zero-order valence-electron chi connectivity index (χ0n) is 67.7. The maximum atomic E-state index is 14.1. The van der Waals surface area contributed by atoms with Gasteiger partial charge in [-0.1, -0.05) is 79.9 Å². The fourth-order valence-corrected chi connectivity index (χ4v) is 17.9. The normalized spacial score (nSPS) is 22.8. The van der Waals surface area contributed by atoms with E-state index in [9.17, 15) is 38.0 Å². The first-order valence-electron chi connectivity index (χ1n) is 40.7. The lowest BCUT2D eigenvalue weighted by Crippen LogP contribution is -2.62. The molecule has 4 unspecified atom stereocenters. The summed E-state index contributed by atoms with van der Waals surface area (Å²) in [5, 5.41) is 21.0. The number of fused-ring (bicyclic) bond motifs is 6. The molecule has 6 amide bonds. The summed E-state index contributed by atoms with van der Waals surface area (Å²) in [6.07, 6.45) is 17.8. The van der Waals surface area contributed by atoms with Gasteiger partial charge in [0.1, 0.15) is 30.2 Å². The highest BCUT2D eigenvalue weighted by molar-refractivity contribution is 5.95. The summed E-state index contributed by atoms with van der Waals surface area (Å²) in [6, 6.07) is 6.84. The van der Waals surface area contributed by atoms with Gasteiger partial charge in [-0.15, -0.1) is 5.10 Å². The van der Waals surface area contributed by atoms with Crippen molar-refractivity contribution in [3.05, 3.63) is 65.5 Å². The second kappa shape index (κ2) is 42.3. The van der Waals surface area contributed by atoms with Crippen LogP contribution < -0.4 is 21.7 Å². The van der Waals surface area contributed by atoms with Gasteiger partial charge in [0.05, 0.1) is 136 Å². The van der Waals surface area contributed by atoms with Crippen molar-refractivity contribution in [1.82, 2.24) is 55.3 Å². The molecule has 0 radical (unpaired) electrons. The van der Waals surface area contributed by atoms with E-state index < -0.39 is 29.4 Å². The Labute approximate surface area is 654 Å². The summed E-state index contributed by atoms with van der Waals surface area (Å²) in [7, 11) is 0. The number of carbonyl (C=O) groups is 7. The molecule has 5 fully saturated rings. The van der Waals surface area contributed by atoms with Crippen LogP contribution in [0, 0.1) is 58.1 Å². The zero-order chi connectivity index (χ0) is 79.7. The fourth-order valence-electron chi connectivity index (χ4n) is 17.9. The standard InChI is InChI=1S/C82H127FN12O16/c1-56(2)13-11-14-57(3)63-22-23-64-62-21-18-59-49-61(24-27-81(59,9)65(62)25-28-82(63,64)10)111-74(99)51-68(75(84)100)87-72(97)26-33-103-35-37-105-39-41-107-43-45-109-47-48-110-46-44-108-42-40-106-38-36-104-34-30-86-71(96)15-12-29-85-73(98)54-93-52-70(89-91-93)77(101)92-31-32-94(80(7,8)55-92)78(102)69-53-95-76(88-69)66(79(4,5)6)50-67(90-95)58-16-19-60(83)20-17-58/h16-17,19-20,50,52-53,56-57,59,61-65,68H,11-15,18,21-49,51,54-55H2,1-10H3,(H2,84,100)(H,85,98)(H,86,96)(H,87,97)/t57-,59?,61+,62?,63-,64?,65?,68+,81+,82-/m1/s1. The number of esters is 1. The van der Waals surface area contributed by atoms with Crippen molar-refractivity contribution in [3.63, 3.8) is 0 Å². The Balaban J connectivity index is 0.497. The van der Waals surface area contributed by atoms with Gasteiger partial charge in [0.25, 0.3) is 11.8 Å². The first-order valence-corrected chi connectivity index (χ1v) is 40.7. The lowest BCUT2D eigenvalue weighted by Gasteiger charge is -2.61. The molecule has 3 aromatic heterocycles. The number of nitrogens with zero attached hydrogens (tertiary/aromatic N) is 8. The van der Waals surface area contributed by atoms with Gasteiger partial charge in [-0.2, -0.15) is 5.10 Å². The summed E-state index contributed by atoms with van der Waals surface area (Å²) in [5.41, 5.74) is 8.24. The number of nitrogens with two attached hydrogens (primary N) is 1. The van der Waals surface area contributed by atoms with E-state index >= 15 is 0 Å². The summed E-state index contributed by atoms with van der Waals surface area (Å²) < 4.78 is 67.1. The molecule has 0 bridgehead atoms. The van der Waals surface area contributed by atoms with Crippen molar-refractivity contribution >= 4 is 47.1 Å². The average Bonchev–Trinajstić information content (AvgIpc) is 1.61. The van der Waals surface area contributed by atoms with Gasteiger partial charge in [0, 0.05) is 56.7 Å². The van der Waals surface area contributed by atoms with E-state index in [0.717, 1.165) is 65.9 Å². The number of hydrogen-bond acceptors (Lipinski definition) is 20. The van der Waals surface area contributed by atoms with Crippen LogP contribution in [0.25, 0.3) is 16.9 Å². The first kappa shape index (κ1) is 87.8. The molecule has 0 spiro atoms. The fraction of sp³-hybridized carbons (Fsp3) is 0.744. The van der Waals surface area contributed by atoms with Gasteiger partial charge in [0.2, 0.25) is 23.6 Å². The summed E-state index contributed by atoms with van der Waals surface area (Å²) in [5.74, 6) is 1.97. The molecule has 9 rings (SSSR count). The molecule has 10 atom stereocenters. The number of primary amides is 1. The number of amides is 6. The third kappa shape index (κ3) is 25.4. The Bertz CT molecular complexity index is 3640. The van der Waals surface area contributed by atoms with Crippen molar-refractivity contribution in [2.45, 2.75) is 202 Å². The molecule has 4 aliphatic carbocycles. The predicted molar refractivity (Wildman–Crippen MR) is 413 cm³/mol. The lowest BCUT2D eigenvalue weighted by molar-refractivity contribution is -0.163. The van der Waals surface area contributed by atoms with Gasteiger partial charge >= 0.3 is 5.97 Å². The van der Waals surface area contributed by atoms with Crippen molar-refractivity contribution in [2.24, 2.45) is 58.0 Å². The van der Waals surface area contributed by atoms with Gasteiger partial charge in [-0.05, 0) is 166 Å². The molecule has 4 heterocycles. The highest BCUT2D eigenvalue weighted by atomic mass is 19.1. The third-order valence-corrected chi connectivity index (χ3v) is 23.8. The predicted octanol–water partition coefficient (Wildman–Crippen LogP) is 8.73. The van der Waals surface area contributed by atoms with E-state index in [2.05, 4.69) is 60.9 Å². The first-order chi connectivity index (χ1) is 53.1. The van der Waals surface area contributed by atoms with Gasteiger partial charge in [0.15, 0.2) is 11.3 Å². The molecule has 1 aromatic carbocycles. The average molecular weight is 1560 g/mol. The second-order valence-electron chi connectivity index (χ2n) is 33.6. The van der Waals surface area contributed by atoms with E-state index in [0.29, 0.717) is 128 Å². The number of ether oxygens (including phenoxy) is 9. The number of imidazole rings is 1. The second-order valence-corrected chi connectivity index (χ2v) is 33.6. The number of aromatic nitrogens is 6. The molecule has 5 N–H and O–H groups in total. The molecule has 618 valence electrons. The Kier molecular flexibility index (Phi) is 33.5. The van der Waals surface area contributed by atoms with Crippen LogP contribution in [0.15, 0.2) is 42.7 Å². The number of carbonyl (C=O) groups excluding carboxylic acids is 7. The lowest BCUT2D eigenvalue weighted by atomic mass is 9.44. The Morgan fingerprint density at radius 1 is 0.640 bits per heavy atom. The van der Waals surface area contributed by atoms with Crippen LogP contribution in [0.5, 0.6) is 0 Å². The summed E-state index contributed by atoms with van der Waals surface area (Å²) in [6.45, 7) is 29.0. The van der Waals surface area contributed by atoms with Crippen LogP contribution in [0.4, 0.5) is 4.39 Å². The minimum Gasteiger partial charge on any atom is -0.462 e. The topological polar surface area (TPSA) is 332 Å². The van der Waals surface area contributed by atoms with E-state index in [1.54, 1.807) is 32.6 Å². The van der Waals surface area contributed by atoms with Crippen molar-refractivity contribution in [2.75, 3.05) is 138 Å². The molecule has 111 heavy (non-hydrogen) atoms. The van der Waals surface area contributed by atoms with Crippen molar-refractivity contribution < 1.29 is 80.6 Å². The highest BCUT2D eigenvalue weighted by Crippen LogP contribution is 2.68. The van der Waals surface area contributed by atoms with Crippen LogP contribution in [-0.4, -0.2) is 237 Å². The molecule has 1 aliphatic heterocycles. The van der Waals surface area contributed by atoms with E-state index in [4.69, 9.17) is 58.4 Å². The molecule has 28 nitrogen and oxygen atoms in total. The minimum absolute atomic E-state index is 0.00752. The number of piperazine rings is 1. The van der Waals surface area contributed by atoms with Gasteiger partial charge < -0.3 is 74.1 Å². The molecule has 29 heteroatoms. The SMILES string of the molecule is CC(C)CCC[C@@H](C)[C@H]1CCC2C3CCC4C[C@@H](OC(=O)C[C@H](NC(=O)CCOCCOCCOCCOCCOCCOCCOCCOCCNC(=O)CCCNC(=O)Cn5cc(C(=O)N6CCN(C(=O)c7cn8nc(-c9ccc(F)cc9)cc(C(C)(C)C)c8n7)C(C)(C)C6)nn5)C(N)=O)CC[C@]4(C)C3CC[C@@]21C. The number of hydrogen-bond donors (Lipinski definition) is 4. The maximum Gasteiger partial charge on any atom is 0.308 e. The molecule has 1 saturated heterocycles. The van der Waals surface area contributed by atoms with Gasteiger partial charge in [-0.3, -0.25) is 33.6 Å². The molecular formula is C82H127FN12O16. The zero-order valence-corrected chi connectivity index (χ0v) is 67.7. The monoisotopic (exact) mass is 1550 g/mol. The Morgan fingerprint density at radius 2 is 1.24 bits per heavy atom. The number of benzene rings is 1. The molecule has 4 saturated carbocycles. The smallest absolute Gasteiger partial charge is 0.308 e. The van der Waals surface area contributed by atoms with Crippen LogP contribution in [0.1, 0.15) is 199 Å². The highest BCUT2D eigenvalue weighted by Gasteiger charge is 2.61.